The highest BCUT2D eigenvalue weighted by Crippen LogP contribution is 2.23. The van der Waals surface area contributed by atoms with Gasteiger partial charge in [-0.2, -0.15) is 9.37 Å². The molecule has 0 aliphatic carbocycles. The number of halogens is 3. The molecule has 0 radical (unpaired) electrons. The van der Waals surface area contributed by atoms with Gasteiger partial charge in [-0.25, -0.2) is 18.6 Å². The van der Waals surface area contributed by atoms with E-state index in [4.69, 9.17) is 15.9 Å². The first kappa shape index (κ1) is 23.8. The predicted molar refractivity (Wildman–Crippen MR) is 111 cm³/mol. The van der Waals surface area contributed by atoms with Crippen molar-refractivity contribution in [1.82, 2.24) is 20.2 Å². The number of hydrogen-bond acceptors (Lipinski definition) is 7. The molecule has 0 unspecified atom stereocenters. The third-order valence-corrected chi connectivity index (χ3v) is 4.72. The molecule has 1 fully saturated rings. The summed E-state index contributed by atoms with van der Waals surface area (Å²) >= 11 is 0. The smallest absolute Gasteiger partial charge is 0.318 e. The van der Waals surface area contributed by atoms with Crippen molar-refractivity contribution in [3.63, 3.8) is 0 Å². The SMILES string of the molecule is N=CC[C@H](NC(=O)N1CC(Oc2nc(NCCC(N)=O)ncc2F)C1)c1cc(F)cc(F)c1. The Morgan fingerprint density at radius 1 is 1.27 bits per heavy atom. The minimum atomic E-state index is -0.798. The molecule has 13 heteroatoms. The number of amides is 3. The summed E-state index contributed by atoms with van der Waals surface area (Å²) < 4.78 is 46.5. The number of nitrogens with two attached hydrogens (primary N) is 1. The van der Waals surface area contributed by atoms with E-state index in [1.165, 1.54) is 4.90 Å². The lowest BCUT2D eigenvalue weighted by atomic mass is 10.0. The first-order valence-electron chi connectivity index (χ1n) is 9.97. The molecule has 2 aromatic rings. The minimum absolute atomic E-state index is 0.0417. The number of likely N-dealkylation sites (tertiary alicyclic amines) is 1. The fourth-order valence-corrected chi connectivity index (χ4v) is 3.07. The Labute approximate surface area is 186 Å². The molecular formula is C20H22F3N7O3. The summed E-state index contributed by atoms with van der Waals surface area (Å²) in [5.74, 6) is -3.15. The molecule has 1 aromatic carbocycles. The molecule has 3 amide bonds. The fourth-order valence-electron chi connectivity index (χ4n) is 3.07. The van der Waals surface area contributed by atoms with E-state index >= 15 is 0 Å². The summed E-state index contributed by atoms with van der Waals surface area (Å²) in [7, 11) is 0. The molecule has 10 nitrogen and oxygen atoms in total. The van der Waals surface area contributed by atoms with Crippen LogP contribution < -0.4 is 21.1 Å². The van der Waals surface area contributed by atoms with Gasteiger partial charge in [-0.1, -0.05) is 0 Å². The van der Waals surface area contributed by atoms with Crippen LogP contribution in [0.4, 0.5) is 23.9 Å². The van der Waals surface area contributed by atoms with Gasteiger partial charge in [0.05, 0.1) is 25.3 Å². The number of primary amides is 1. The quantitative estimate of drug-likeness (QED) is 0.393. The highest BCUT2D eigenvalue weighted by atomic mass is 19.1. The van der Waals surface area contributed by atoms with Gasteiger partial charge in [0.1, 0.15) is 17.7 Å². The number of carbonyl (C=O) groups is 2. The van der Waals surface area contributed by atoms with Gasteiger partial charge in [0.15, 0.2) is 0 Å². The number of benzene rings is 1. The Balaban J connectivity index is 1.54. The van der Waals surface area contributed by atoms with E-state index in [-0.39, 0.29) is 49.9 Å². The second kappa shape index (κ2) is 10.6. The van der Waals surface area contributed by atoms with Crippen LogP contribution in [0.3, 0.4) is 0 Å². The van der Waals surface area contributed by atoms with Crippen LogP contribution in [0, 0.1) is 22.9 Å². The number of rotatable bonds is 10. The van der Waals surface area contributed by atoms with Gasteiger partial charge in [0.2, 0.25) is 17.7 Å². The molecule has 33 heavy (non-hydrogen) atoms. The van der Waals surface area contributed by atoms with Gasteiger partial charge in [0.25, 0.3) is 5.88 Å². The third kappa shape index (κ3) is 6.54. The molecule has 0 spiro atoms. The van der Waals surface area contributed by atoms with Gasteiger partial charge in [-0.3, -0.25) is 4.79 Å². The summed E-state index contributed by atoms with van der Waals surface area (Å²) in [5, 5.41) is 12.6. The molecule has 176 valence electrons. The van der Waals surface area contributed by atoms with E-state index in [0.29, 0.717) is 0 Å². The maximum atomic E-state index is 14.0. The molecule has 0 saturated carbocycles. The number of aromatic nitrogens is 2. The lowest BCUT2D eigenvalue weighted by Gasteiger charge is -2.39. The minimum Gasteiger partial charge on any atom is -0.468 e. The second-order valence-corrected chi connectivity index (χ2v) is 7.28. The summed E-state index contributed by atoms with van der Waals surface area (Å²) in [4.78, 5) is 32.3. The van der Waals surface area contributed by atoms with Gasteiger partial charge < -0.3 is 31.4 Å². The normalized spacial score (nSPS) is 14.2. The van der Waals surface area contributed by atoms with Crippen LogP contribution in [-0.2, 0) is 4.79 Å². The molecule has 0 bridgehead atoms. The van der Waals surface area contributed by atoms with Crippen molar-refractivity contribution in [3.8, 4) is 5.88 Å². The first-order valence-corrected chi connectivity index (χ1v) is 9.97. The van der Waals surface area contributed by atoms with E-state index in [0.717, 1.165) is 30.6 Å². The van der Waals surface area contributed by atoms with Gasteiger partial charge in [-0.05, 0) is 23.9 Å². The molecular weight excluding hydrogens is 443 g/mol. The van der Waals surface area contributed by atoms with Crippen molar-refractivity contribution >= 4 is 24.1 Å². The van der Waals surface area contributed by atoms with Crippen LogP contribution in [-0.4, -0.2) is 58.8 Å². The average molecular weight is 465 g/mol. The number of urea groups is 1. The standard InChI is InChI=1S/C20H22F3N7O3/c21-12-5-11(6-13(22)7-12)16(1-3-24)28-20(32)30-9-14(10-30)33-18-15(23)8-27-19(29-18)26-4-2-17(25)31/h3,5-8,14,16,24H,1-2,4,9-10H2,(H2,25,31)(H,28,32)(H,26,27,29)/t16-/m0/s1. The molecule has 1 saturated heterocycles. The van der Waals surface area contributed by atoms with E-state index in [1.54, 1.807) is 0 Å². The zero-order valence-electron chi connectivity index (χ0n) is 17.4. The Hall–Kier alpha value is -3.90. The van der Waals surface area contributed by atoms with Crippen molar-refractivity contribution in [2.75, 3.05) is 25.0 Å². The number of carbonyl (C=O) groups excluding carboxylic acids is 2. The monoisotopic (exact) mass is 465 g/mol. The topological polar surface area (TPSA) is 146 Å². The first-order chi connectivity index (χ1) is 15.7. The van der Waals surface area contributed by atoms with Gasteiger partial charge in [0, 0.05) is 25.5 Å². The molecule has 2 heterocycles. The second-order valence-electron chi connectivity index (χ2n) is 7.28. The molecule has 3 rings (SSSR count). The van der Waals surface area contributed by atoms with Crippen molar-refractivity contribution in [2.24, 2.45) is 5.73 Å². The van der Waals surface area contributed by atoms with E-state index in [2.05, 4.69) is 20.6 Å². The third-order valence-electron chi connectivity index (χ3n) is 4.72. The Kier molecular flexibility index (Phi) is 7.64. The zero-order valence-corrected chi connectivity index (χ0v) is 17.4. The van der Waals surface area contributed by atoms with Gasteiger partial charge in [-0.15, -0.1) is 0 Å². The molecule has 1 aliphatic heterocycles. The van der Waals surface area contributed by atoms with Crippen LogP contribution in [0.5, 0.6) is 5.88 Å². The summed E-state index contributed by atoms with van der Waals surface area (Å²) in [6, 6.07) is 1.57. The predicted octanol–water partition coefficient (Wildman–Crippen LogP) is 1.73. The largest absolute Gasteiger partial charge is 0.468 e. The fraction of sp³-hybridized carbons (Fsp3) is 0.350. The van der Waals surface area contributed by atoms with E-state index in [9.17, 15) is 22.8 Å². The number of nitrogens with one attached hydrogen (secondary N) is 3. The highest BCUT2D eigenvalue weighted by molar-refractivity contribution is 5.76. The summed E-state index contributed by atoms with van der Waals surface area (Å²) in [6.07, 6.45) is 1.50. The molecule has 1 aromatic heterocycles. The number of hydrogen-bond donors (Lipinski definition) is 4. The van der Waals surface area contributed by atoms with E-state index in [1.807, 2.05) is 0 Å². The van der Waals surface area contributed by atoms with Crippen LogP contribution >= 0.6 is 0 Å². The maximum absolute atomic E-state index is 14.0. The van der Waals surface area contributed by atoms with Crippen LogP contribution in [0.1, 0.15) is 24.4 Å². The Bertz CT molecular complexity index is 1010. The van der Waals surface area contributed by atoms with Crippen molar-refractivity contribution < 1.29 is 27.5 Å². The number of nitrogens with zero attached hydrogens (tertiary/aromatic N) is 3. The Morgan fingerprint density at radius 2 is 1.97 bits per heavy atom. The average Bonchev–Trinajstić information content (AvgIpc) is 2.71. The summed E-state index contributed by atoms with van der Waals surface area (Å²) in [5.41, 5.74) is 5.24. The van der Waals surface area contributed by atoms with Crippen LogP contribution in [0.25, 0.3) is 0 Å². The molecule has 5 N–H and O–H groups in total. The van der Waals surface area contributed by atoms with Crippen molar-refractivity contribution in [3.05, 3.63) is 47.4 Å². The van der Waals surface area contributed by atoms with E-state index < -0.39 is 41.5 Å². The van der Waals surface area contributed by atoms with Crippen LogP contribution in [0.2, 0.25) is 0 Å². The van der Waals surface area contributed by atoms with Gasteiger partial charge >= 0.3 is 6.03 Å². The molecule has 1 atom stereocenters. The summed E-state index contributed by atoms with van der Waals surface area (Å²) in [6.45, 7) is 0.410. The molecule has 1 aliphatic rings. The number of anilines is 1. The van der Waals surface area contributed by atoms with Crippen molar-refractivity contribution in [1.29, 1.82) is 5.41 Å². The number of ether oxygens (including phenoxy) is 1. The zero-order chi connectivity index (χ0) is 24.0. The van der Waals surface area contributed by atoms with Crippen molar-refractivity contribution in [2.45, 2.75) is 25.0 Å². The highest BCUT2D eigenvalue weighted by Gasteiger charge is 2.34. The lowest BCUT2D eigenvalue weighted by molar-refractivity contribution is -0.117. The van der Waals surface area contributed by atoms with Crippen LogP contribution in [0.15, 0.2) is 24.4 Å². The maximum Gasteiger partial charge on any atom is 0.318 e. The lowest BCUT2D eigenvalue weighted by Crippen LogP contribution is -2.59. The Morgan fingerprint density at radius 3 is 2.61 bits per heavy atom.